The summed E-state index contributed by atoms with van der Waals surface area (Å²) < 4.78 is 7.55. The van der Waals surface area contributed by atoms with Gasteiger partial charge in [-0.2, -0.15) is 10.4 Å². The predicted octanol–water partition coefficient (Wildman–Crippen LogP) is 5.05. The number of carboxylic acid groups (broad SMARTS) is 1. The van der Waals surface area contributed by atoms with E-state index in [9.17, 15) is 9.90 Å². The lowest BCUT2D eigenvalue weighted by Gasteiger charge is -2.22. The zero-order valence-corrected chi connectivity index (χ0v) is 16.7. The monoisotopic (exact) mass is 433 g/mol. The summed E-state index contributed by atoms with van der Waals surface area (Å²) in [5, 5.41) is 24.1. The highest BCUT2D eigenvalue weighted by Crippen LogP contribution is 2.42. The summed E-state index contributed by atoms with van der Waals surface area (Å²) in [6.45, 7) is 0.356. The molecule has 1 aliphatic rings. The van der Waals surface area contributed by atoms with Gasteiger partial charge in [0.05, 0.1) is 33.5 Å². The lowest BCUT2D eigenvalue weighted by atomic mass is 10.1. The van der Waals surface area contributed by atoms with Crippen LogP contribution in [0, 0.1) is 11.3 Å². The molecule has 10 heteroatoms. The van der Waals surface area contributed by atoms with Crippen LogP contribution in [0.3, 0.4) is 0 Å². The maximum Gasteiger partial charge on any atom is 0.412 e. The van der Waals surface area contributed by atoms with Crippen LogP contribution >= 0.6 is 23.2 Å². The van der Waals surface area contributed by atoms with Crippen molar-refractivity contribution in [2.24, 2.45) is 0 Å². The van der Waals surface area contributed by atoms with E-state index < -0.39 is 6.09 Å². The molecule has 1 saturated heterocycles. The van der Waals surface area contributed by atoms with E-state index in [4.69, 9.17) is 33.2 Å². The molecule has 1 aromatic carbocycles. The van der Waals surface area contributed by atoms with Gasteiger partial charge in [0, 0.05) is 35.5 Å². The fraction of sp³-hybridized carbons (Fsp3) is 0.316. The van der Waals surface area contributed by atoms with Gasteiger partial charge in [-0.05, 0) is 25.3 Å². The zero-order valence-electron chi connectivity index (χ0n) is 15.2. The summed E-state index contributed by atoms with van der Waals surface area (Å²) in [6, 6.07) is 3.33. The molecule has 1 unspecified atom stereocenters. The van der Waals surface area contributed by atoms with Crippen molar-refractivity contribution in [3.05, 3.63) is 34.7 Å². The first-order valence-electron chi connectivity index (χ1n) is 9.04. The second-order valence-electron chi connectivity index (χ2n) is 6.70. The molecule has 29 heavy (non-hydrogen) atoms. The van der Waals surface area contributed by atoms with Gasteiger partial charge in [-0.25, -0.2) is 9.48 Å². The third kappa shape index (κ3) is 3.53. The summed E-state index contributed by atoms with van der Waals surface area (Å²) >= 11 is 12.6. The van der Waals surface area contributed by atoms with Crippen LogP contribution in [0.2, 0.25) is 10.0 Å². The topological polar surface area (TPSA) is 107 Å². The highest BCUT2D eigenvalue weighted by molar-refractivity contribution is 6.46. The van der Waals surface area contributed by atoms with Crippen LogP contribution in [0.15, 0.2) is 24.7 Å². The Kier molecular flexibility index (Phi) is 5.37. The highest BCUT2D eigenvalue weighted by atomic mass is 35.5. The fourth-order valence-corrected chi connectivity index (χ4v) is 3.97. The Morgan fingerprint density at radius 2 is 2.31 bits per heavy atom. The molecule has 4 rings (SSSR count). The zero-order chi connectivity index (χ0) is 20.5. The van der Waals surface area contributed by atoms with Crippen LogP contribution in [-0.2, 0) is 4.74 Å². The first-order valence-corrected chi connectivity index (χ1v) is 9.79. The number of halogens is 2. The lowest BCUT2D eigenvalue weighted by molar-refractivity contribution is -0.0394. The Hall–Kier alpha value is -2.73. The molecule has 1 amide bonds. The number of nitrogens with one attached hydrogen (secondary N) is 1. The standard InChI is InChI=1S/C19H17Cl2N5O3/c20-13-7-14(25(5-4-22)19(27)28)16-12(9-23-18(16)17(13)21)11-8-24-26(10-11)15-3-1-2-6-29-15/h7-10,15,23H,1-3,5-6H2,(H,27,28). The van der Waals surface area contributed by atoms with Crippen molar-refractivity contribution in [2.45, 2.75) is 25.5 Å². The van der Waals surface area contributed by atoms with Crippen LogP contribution in [0.1, 0.15) is 25.5 Å². The molecule has 150 valence electrons. The molecule has 3 heterocycles. The van der Waals surface area contributed by atoms with E-state index in [1.807, 2.05) is 12.3 Å². The average Bonchev–Trinajstić information content (AvgIpc) is 3.37. The number of fused-ring (bicyclic) bond motifs is 1. The van der Waals surface area contributed by atoms with Crippen molar-refractivity contribution in [2.75, 3.05) is 18.1 Å². The molecule has 8 nitrogen and oxygen atoms in total. The number of hydrogen-bond donors (Lipinski definition) is 2. The molecule has 3 aromatic rings. The highest BCUT2D eigenvalue weighted by Gasteiger charge is 2.24. The number of rotatable bonds is 4. The van der Waals surface area contributed by atoms with Crippen molar-refractivity contribution in [3.8, 4) is 17.2 Å². The van der Waals surface area contributed by atoms with Crippen molar-refractivity contribution in [1.29, 1.82) is 5.26 Å². The van der Waals surface area contributed by atoms with Gasteiger partial charge in [0.2, 0.25) is 0 Å². The van der Waals surface area contributed by atoms with Gasteiger partial charge >= 0.3 is 6.09 Å². The molecule has 0 spiro atoms. The normalized spacial score (nSPS) is 16.7. The van der Waals surface area contributed by atoms with Crippen LogP contribution in [0.5, 0.6) is 0 Å². The van der Waals surface area contributed by atoms with E-state index in [0.717, 1.165) is 29.7 Å². The molecule has 0 radical (unpaired) electrons. The van der Waals surface area contributed by atoms with Gasteiger partial charge in [-0.3, -0.25) is 4.90 Å². The third-order valence-electron chi connectivity index (χ3n) is 4.94. The van der Waals surface area contributed by atoms with Gasteiger partial charge in [-0.1, -0.05) is 23.2 Å². The van der Waals surface area contributed by atoms with E-state index in [2.05, 4.69) is 10.1 Å². The van der Waals surface area contributed by atoms with Crippen molar-refractivity contribution in [1.82, 2.24) is 14.8 Å². The molecule has 2 N–H and O–H groups in total. The molecular formula is C19H17Cl2N5O3. The van der Waals surface area contributed by atoms with E-state index in [1.165, 1.54) is 6.07 Å². The average molecular weight is 434 g/mol. The summed E-state index contributed by atoms with van der Waals surface area (Å²) in [5.74, 6) is 0. The van der Waals surface area contributed by atoms with Crippen molar-refractivity contribution >= 4 is 45.9 Å². The van der Waals surface area contributed by atoms with E-state index >= 15 is 0 Å². The van der Waals surface area contributed by atoms with Crippen LogP contribution in [0.4, 0.5) is 10.5 Å². The molecule has 1 aliphatic heterocycles. The minimum atomic E-state index is -1.26. The fourth-order valence-electron chi connectivity index (χ4n) is 3.57. The number of carbonyl (C=O) groups is 1. The van der Waals surface area contributed by atoms with Crippen molar-refractivity contribution in [3.63, 3.8) is 0 Å². The number of hydrogen-bond acceptors (Lipinski definition) is 4. The molecule has 0 aliphatic carbocycles. The lowest BCUT2D eigenvalue weighted by Crippen LogP contribution is -2.29. The second kappa shape index (κ2) is 7.95. The molecule has 1 fully saturated rings. The number of nitriles is 1. The van der Waals surface area contributed by atoms with Crippen LogP contribution in [0.25, 0.3) is 22.0 Å². The van der Waals surface area contributed by atoms with Gasteiger partial charge in [-0.15, -0.1) is 0 Å². The largest absolute Gasteiger partial charge is 0.465 e. The molecule has 0 bridgehead atoms. The minimum Gasteiger partial charge on any atom is -0.465 e. The number of benzene rings is 1. The smallest absolute Gasteiger partial charge is 0.412 e. The Morgan fingerprint density at radius 3 is 3.00 bits per heavy atom. The first kappa shape index (κ1) is 19.6. The third-order valence-corrected chi connectivity index (χ3v) is 5.73. The molecule has 2 aromatic heterocycles. The molecule has 0 saturated carbocycles. The Labute approximate surface area is 176 Å². The number of anilines is 1. The van der Waals surface area contributed by atoms with E-state index in [-0.39, 0.29) is 28.5 Å². The Morgan fingerprint density at radius 1 is 1.48 bits per heavy atom. The summed E-state index contributed by atoms with van der Waals surface area (Å²) in [6.07, 6.45) is 6.91. The summed E-state index contributed by atoms with van der Waals surface area (Å²) in [7, 11) is 0. The maximum atomic E-state index is 11.8. The predicted molar refractivity (Wildman–Crippen MR) is 109 cm³/mol. The maximum absolute atomic E-state index is 11.8. The molecule has 1 atom stereocenters. The number of nitrogens with zero attached hydrogens (tertiary/aromatic N) is 4. The van der Waals surface area contributed by atoms with E-state index in [0.29, 0.717) is 23.1 Å². The number of amides is 1. The summed E-state index contributed by atoms with van der Waals surface area (Å²) in [4.78, 5) is 15.8. The first-order chi connectivity index (χ1) is 14.0. The van der Waals surface area contributed by atoms with Gasteiger partial charge in [0.25, 0.3) is 0 Å². The Bertz CT molecular complexity index is 1110. The van der Waals surface area contributed by atoms with Crippen LogP contribution < -0.4 is 4.90 Å². The number of H-pyrrole nitrogens is 1. The number of aromatic amines is 1. The van der Waals surface area contributed by atoms with Gasteiger partial charge < -0.3 is 14.8 Å². The molecular weight excluding hydrogens is 417 g/mol. The van der Waals surface area contributed by atoms with Crippen molar-refractivity contribution < 1.29 is 14.6 Å². The van der Waals surface area contributed by atoms with Gasteiger partial charge in [0.15, 0.2) is 0 Å². The van der Waals surface area contributed by atoms with Gasteiger partial charge in [0.1, 0.15) is 12.8 Å². The number of aromatic nitrogens is 3. The Balaban J connectivity index is 1.86. The SMILES string of the molecule is N#CCN(C(=O)O)c1cc(Cl)c(Cl)c2[nH]cc(-c3cnn(C4CCCCO4)c3)c12. The quantitative estimate of drug-likeness (QED) is 0.559. The summed E-state index contributed by atoms with van der Waals surface area (Å²) in [5.41, 5.74) is 2.25. The number of ether oxygens (including phenoxy) is 1. The second-order valence-corrected chi connectivity index (χ2v) is 7.49. The van der Waals surface area contributed by atoms with E-state index in [1.54, 1.807) is 17.1 Å². The minimum absolute atomic E-state index is 0.116. The van der Waals surface area contributed by atoms with Crippen LogP contribution in [-0.4, -0.2) is 39.1 Å².